The molecule has 168 valence electrons. The highest BCUT2D eigenvalue weighted by atomic mass is 32.2. The van der Waals surface area contributed by atoms with Gasteiger partial charge in [-0.15, -0.1) is 10.2 Å². The Morgan fingerprint density at radius 1 is 1.03 bits per heavy atom. The zero-order chi connectivity index (χ0) is 23.0. The Kier molecular flexibility index (Phi) is 7.26. The van der Waals surface area contributed by atoms with Gasteiger partial charge in [-0.1, -0.05) is 54.2 Å². The van der Waals surface area contributed by atoms with E-state index in [9.17, 15) is 13.6 Å². The predicted molar refractivity (Wildman–Crippen MR) is 121 cm³/mol. The third kappa shape index (κ3) is 5.92. The van der Waals surface area contributed by atoms with Gasteiger partial charge in [0.1, 0.15) is 5.75 Å². The van der Waals surface area contributed by atoms with Crippen LogP contribution >= 0.6 is 11.8 Å². The molecule has 0 fully saturated rings. The Morgan fingerprint density at radius 2 is 1.82 bits per heavy atom. The second-order valence-corrected chi connectivity index (χ2v) is 7.77. The number of pyridine rings is 1. The largest absolute Gasteiger partial charge is 0.433 e. The van der Waals surface area contributed by atoms with Gasteiger partial charge in [-0.05, 0) is 29.8 Å². The summed E-state index contributed by atoms with van der Waals surface area (Å²) in [5.41, 5.74) is 2.02. The number of nitrogens with zero attached hydrogens (tertiary/aromatic N) is 4. The minimum atomic E-state index is -2.99. The maximum atomic E-state index is 12.6. The van der Waals surface area contributed by atoms with Crippen LogP contribution in [0.3, 0.4) is 0 Å². The number of amides is 1. The lowest BCUT2D eigenvalue weighted by atomic mass is 10.2. The number of hydrogen-bond donors (Lipinski definition) is 1. The van der Waals surface area contributed by atoms with E-state index in [0.717, 1.165) is 11.1 Å². The Labute approximate surface area is 192 Å². The number of alkyl halides is 2. The number of thioether (sulfide) groups is 1. The highest BCUT2D eigenvalue weighted by Gasteiger charge is 2.17. The van der Waals surface area contributed by atoms with Gasteiger partial charge >= 0.3 is 6.61 Å². The van der Waals surface area contributed by atoms with Crippen LogP contribution in [0.5, 0.6) is 5.75 Å². The molecule has 0 aliphatic carbocycles. The molecular weight excluding hydrogens is 448 g/mol. The van der Waals surface area contributed by atoms with Crippen molar-refractivity contribution in [1.82, 2.24) is 19.7 Å². The van der Waals surface area contributed by atoms with Crippen LogP contribution in [0.15, 0.2) is 84.3 Å². The molecule has 0 saturated heterocycles. The second-order valence-electron chi connectivity index (χ2n) is 6.83. The number of nitrogens with one attached hydrogen (secondary N) is 1. The van der Waals surface area contributed by atoms with E-state index in [0.29, 0.717) is 17.5 Å². The van der Waals surface area contributed by atoms with E-state index in [4.69, 9.17) is 0 Å². The van der Waals surface area contributed by atoms with Crippen molar-refractivity contribution in [2.75, 3.05) is 11.1 Å². The van der Waals surface area contributed by atoms with Crippen LogP contribution in [0.4, 0.5) is 14.5 Å². The maximum absolute atomic E-state index is 12.6. The number of hydrogen-bond acceptors (Lipinski definition) is 6. The predicted octanol–water partition coefficient (Wildman–Crippen LogP) is 4.72. The first kappa shape index (κ1) is 22.4. The van der Waals surface area contributed by atoms with Crippen LogP contribution in [-0.2, 0) is 11.3 Å². The molecule has 0 aliphatic rings. The van der Waals surface area contributed by atoms with Crippen molar-refractivity contribution in [3.63, 3.8) is 0 Å². The number of benzene rings is 2. The van der Waals surface area contributed by atoms with Gasteiger partial charge in [0.2, 0.25) is 5.91 Å². The first-order chi connectivity index (χ1) is 16.1. The van der Waals surface area contributed by atoms with E-state index < -0.39 is 6.61 Å². The van der Waals surface area contributed by atoms with Crippen molar-refractivity contribution in [1.29, 1.82) is 0 Å². The summed E-state index contributed by atoms with van der Waals surface area (Å²) in [6.45, 7) is -2.48. The molecule has 2 heterocycles. The molecule has 0 unspecified atom stereocenters. The zero-order valence-corrected chi connectivity index (χ0v) is 18.1. The molecule has 0 atom stereocenters. The normalized spacial score (nSPS) is 10.9. The smallest absolute Gasteiger partial charge is 0.387 e. The summed E-state index contributed by atoms with van der Waals surface area (Å²) < 4.78 is 31.6. The van der Waals surface area contributed by atoms with Gasteiger partial charge < -0.3 is 10.1 Å². The fraction of sp³-hybridized carbons (Fsp3) is 0.130. The van der Waals surface area contributed by atoms with Crippen molar-refractivity contribution in [2.45, 2.75) is 18.3 Å². The third-order valence-electron chi connectivity index (χ3n) is 4.53. The van der Waals surface area contributed by atoms with Gasteiger partial charge in [0.05, 0.1) is 18.0 Å². The van der Waals surface area contributed by atoms with Crippen molar-refractivity contribution < 1.29 is 18.3 Å². The molecule has 0 radical (unpaired) electrons. The van der Waals surface area contributed by atoms with Crippen LogP contribution in [0.1, 0.15) is 5.56 Å². The van der Waals surface area contributed by atoms with Crippen LogP contribution in [0, 0.1) is 0 Å². The van der Waals surface area contributed by atoms with E-state index in [2.05, 4.69) is 25.2 Å². The molecular formula is C23H19F2N5O2S. The molecule has 4 rings (SSSR count). The number of para-hydroxylation sites is 2. The number of carbonyl (C=O) groups is 1. The molecule has 10 heteroatoms. The average molecular weight is 468 g/mol. The summed E-state index contributed by atoms with van der Waals surface area (Å²) in [6, 6.07) is 19.6. The maximum Gasteiger partial charge on any atom is 0.387 e. The molecule has 7 nitrogen and oxygen atoms in total. The molecule has 0 saturated carbocycles. The molecule has 2 aromatic carbocycles. The molecule has 1 amide bonds. The summed E-state index contributed by atoms with van der Waals surface area (Å²) in [5, 5.41) is 11.7. The van der Waals surface area contributed by atoms with Crippen molar-refractivity contribution in [3.05, 3.63) is 84.7 Å². The lowest BCUT2D eigenvalue weighted by Gasteiger charge is -2.12. The van der Waals surface area contributed by atoms with E-state index >= 15 is 0 Å². The van der Waals surface area contributed by atoms with Crippen molar-refractivity contribution >= 4 is 23.4 Å². The van der Waals surface area contributed by atoms with E-state index in [1.807, 2.05) is 47.0 Å². The van der Waals surface area contributed by atoms with Crippen LogP contribution in [0.2, 0.25) is 0 Å². The molecule has 4 aromatic rings. The monoisotopic (exact) mass is 467 g/mol. The van der Waals surface area contributed by atoms with Crippen molar-refractivity contribution in [3.8, 4) is 17.1 Å². The number of carbonyl (C=O) groups excluding carboxylic acids is 1. The van der Waals surface area contributed by atoms with E-state index in [1.54, 1.807) is 24.5 Å². The van der Waals surface area contributed by atoms with Gasteiger partial charge in [-0.3, -0.25) is 14.3 Å². The van der Waals surface area contributed by atoms with Crippen LogP contribution in [-0.4, -0.2) is 38.0 Å². The first-order valence-corrected chi connectivity index (χ1v) is 10.9. The number of anilines is 1. The topological polar surface area (TPSA) is 81.9 Å². The summed E-state index contributed by atoms with van der Waals surface area (Å²) in [7, 11) is 0. The standard InChI is InChI=1S/C23H19F2N5O2S/c24-22(25)32-19-11-5-4-10-18(19)27-20(31)15-33-23-29-28-21(17-9-6-12-26-13-17)30(23)14-16-7-2-1-3-8-16/h1-13,22H,14-15H2,(H,27,31). The van der Waals surface area contributed by atoms with Gasteiger partial charge in [0.15, 0.2) is 11.0 Å². The molecule has 1 N–H and O–H groups in total. The van der Waals surface area contributed by atoms with Gasteiger partial charge in [-0.2, -0.15) is 8.78 Å². The van der Waals surface area contributed by atoms with Crippen LogP contribution in [0.25, 0.3) is 11.4 Å². The van der Waals surface area contributed by atoms with Gasteiger partial charge in [-0.25, -0.2) is 0 Å². The summed E-state index contributed by atoms with van der Waals surface area (Å²) >= 11 is 1.20. The Hall–Kier alpha value is -3.79. The van der Waals surface area contributed by atoms with E-state index in [1.165, 1.54) is 23.9 Å². The minimum absolute atomic E-state index is 0.00295. The highest BCUT2D eigenvalue weighted by molar-refractivity contribution is 7.99. The van der Waals surface area contributed by atoms with Crippen LogP contribution < -0.4 is 10.1 Å². The Balaban J connectivity index is 1.51. The number of rotatable bonds is 9. The Morgan fingerprint density at radius 3 is 2.58 bits per heavy atom. The minimum Gasteiger partial charge on any atom is -0.433 e. The van der Waals surface area contributed by atoms with Crippen molar-refractivity contribution in [2.24, 2.45) is 0 Å². The third-order valence-corrected chi connectivity index (χ3v) is 5.50. The second kappa shape index (κ2) is 10.7. The lowest BCUT2D eigenvalue weighted by molar-refractivity contribution is -0.113. The van der Waals surface area contributed by atoms with Gasteiger partial charge in [0, 0.05) is 18.0 Å². The quantitative estimate of drug-likeness (QED) is 0.359. The summed E-state index contributed by atoms with van der Waals surface area (Å²) in [5.74, 6) is 0.146. The highest BCUT2D eigenvalue weighted by Crippen LogP contribution is 2.27. The summed E-state index contributed by atoms with van der Waals surface area (Å²) in [4.78, 5) is 16.7. The molecule has 2 aromatic heterocycles. The lowest BCUT2D eigenvalue weighted by Crippen LogP contribution is -2.16. The fourth-order valence-corrected chi connectivity index (χ4v) is 3.84. The molecule has 0 spiro atoms. The average Bonchev–Trinajstić information content (AvgIpc) is 3.22. The van der Waals surface area contributed by atoms with E-state index in [-0.39, 0.29) is 23.1 Å². The molecule has 0 aliphatic heterocycles. The fourth-order valence-electron chi connectivity index (χ4n) is 3.10. The molecule has 0 bridgehead atoms. The SMILES string of the molecule is O=C(CSc1nnc(-c2cccnc2)n1Cc1ccccc1)Nc1ccccc1OC(F)F. The Bertz CT molecular complexity index is 1210. The first-order valence-electron chi connectivity index (χ1n) is 9.94. The number of aromatic nitrogens is 4. The zero-order valence-electron chi connectivity index (χ0n) is 17.3. The molecule has 33 heavy (non-hydrogen) atoms. The number of halogens is 2. The van der Waals surface area contributed by atoms with Gasteiger partial charge in [0.25, 0.3) is 0 Å². The summed E-state index contributed by atoms with van der Waals surface area (Å²) in [6.07, 6.45) is 3.38. The number of ether oxygens (including phenoxy) is 1.